The number of thiophene rings is 2. The van der Waals surface area contributed by atoms with E-state index >= 15 is 0 Å². The molecule has 2 aromatic rings. The van der Waals surface area contributed by atoms with Crippen molar-refractivity contribution in [1.82, 2.24) is 4.90 Å². The Balaban J connectivity index is 1.44. The lowest BCUT2D eigenvalue weighted by Crippen LogP contribution is -2.43. The number of epoxide rings is 1. The molecule has 2 bridgehead atoms. The predicted octanol–water partition coefficient (Wildman–Crippen LogP) is 1.81. The first-order chi connectivity index (χ1) is 11.6. The SMILES string of the molecule is CN1[C@@H]2[C@@H]3O[C@@H]3[C@H]1C[C@H]2OC(=O)C(O)(c1cccs1)c1cccs1. The van der Waals surface area contributed by atoms with Crippen LogP contribution >= 0.6 is 22.7 Å². The summed E-state index contributed by atoms with van der Waals surface area (Å²) in [5, 5.41) is 15.0. The minimum atomic E-state index is -1.73. The number of likely N-dealkylation sites (N-methyl/N-ethyl adjacent to an activating group) is 1. The van der Waals surface area contributed by atoms with Crippen LogP contribution < -0.4 is 0 Å². The first-order valence-electron chi connectivity index (χ1n) is 7.99. The largest absolute Gasteiger partial charge is 0.458 e. The van der Waals surface area contributed by atoms with E-state index in [1.807, 2.05) is 22.9 Å². The van der Waals surface area contributed by atoms with Gasteiger partial charge in [0.15, 0.2) is 0 Å². The van der Waals surface area contributed by atoms with Gasteiger partial charge in [0.25, 0.3) is 0 Å². The molecular weight excluding hydrogens is 346 g/mol. The van der Waals surface area contributed by atoms with Gasteiger partial charge in [-0.05, 0) is 29.9 Å². The Labute approximate surface area is 147 Å². The van der Waals surface area contributed by atoms with Gasteiger partial charge in [0.05, 0.1) is 15.8 Å². The molecule has 3 aliphatic heterocycles. The van der Waals surface area contributed by atoms with Gasteiger partial charge in [-0.1, -0.05) is 12.1 Å². The molecule has 1 N–H and O–H groups in total. The number of rotatable bonds is 4. The number of morpholine rings is 1. The summed E-state index contributed by atoms with van der Waals surface area (Å²) < 4.78 is 11.5. The van der Waals surface area contributed by atoms with Crippen LogP contribution in [0.15, 0.2) is 35.0 Å². The van der Waals surface area contributed by atoms with E-state index in [4.69, 9.17) is 9.47 Å². The Morgan fingerprint density at radius 2 is 1.96 bits per heavy atom. The lowest BCUT2D eigenvalue weighted by atomic mass is 9.96. The molecular formula is C17H17NO4S2. The first-order valence-corrected chi connectivity index (χ1v) is 9.75. The van der Waals surface area contributed by atoms with Crippen LogP contribution in [0.3, 0.4) is 0 Å². The van der Waals surface area contributed by atoms with E-state index in [1.54, 1.807) is 12.1 Å². The van der Waals surface area contributed by atoms with E-state index in [1.165, 1.54) is 22.7 Å². The summed E-state index contributed by atoms with van der Waals surface area (Å²) in [7, 11) is 2.06. The number of esters is 1. The van der Waals surface area contributed by atoms with Crippen molar-refractivity contribution in [2.24, 2.45) is 0 Å². The van der Waals surface area contributed by atoms with E-state index in [0.717, 1.165) is 6.42 Å². The summed E-state index contributed by atoms with van der Waals surface area (Å²) in [6, 6.07) is 7.66. The Morgan fingerprint density at radius 1 is 1.29 bits per heavy atom. The standard InChI is InChI=1S/C17H17NO4S2/c1-18-9-8-10(13(18)15-14(9)22-15)21-16(19)17(20,11-4-2-6-23-11)12-5-3-7-24-12/h2-7,9-10,13-15,20H,8H2,1H3/t9-,10-,13+,14-,15+/m1/s1. The smallest absolute Gasteiger partial charge is 0.349 e. The number of hydrogen-bond donors (Lipinski definition) is 1. The van der Waals surface area contributed by atoms with Crippen LogP contribution in [0.5, 0.6) is 0 Å². The Hall–Kier alpha value is -1.25. The zero-order valence-corrected chi connectivity index (χ0v) is 14.6. The van der Waals surface area contributed by atoms with Crippen molar-refractivity contribution in [2.75, 3.05) is 7.05 Å². The molecule has 0 saturated carbocycles. The molecule has 0 aromatic carbocycles. The zero-order valence-electron chi connectivity index (χ0n) is 13.0. The molecule has 0 aliphatic carbocycles. The Kier molecular flexibility index (Phi) is 3.21. The Morgan fingerprint density at radius 3 is 2.46 bits per heavy atom. The molecule has 5 rings (SSSR count). The summed E-state index contributed by atoms with van der Waals surface area (Å²) >= 11 is 2.72. The number of ether oxygens (including phenoxy) is 2. The minimum absolute atomic E-state index is 0.111. The number of carbonyl (C=O) groups is 1. The molecule has 5 atom stereocenters. The molecule has 5 heterocycles. The van der Waals surface area contributed by atoms with Gasteiger partial charge < -0.3 is 14.6 Å². The Bertz CT molecular complexity index is 725. The summed E-state index contributed by atoms with van der Waals surface area (Å²) in [6.45, 7) is 0. The third-order valence-corrected chi connectivity index (χ3v) is 7.39. The number of nitrogens with zero attached hydrogens (tertiary/aromatic N) is 1. The average Bonchev–Trinajstić information content (AvgIpc) is 3.04. The monoisotopic (exact) mass is 363 g/mol. The fraction of sp³-hybridized carbons (Fsp3) is 0.471. The molecule has 2 aromatic heterocycles. The predicted molar refractivity (Wildman–Crippen MR) is 90.1 cm³/mol. The van der Waals surface area contributed by atoms with Crippen LogP contribution in [0.4, 0.5) is 0 Å². The second kappa shape index (κ2) is 5.12. The van der Waals surface area contributed by atoms with Gasteiger partial charge in [-0.2, -0.15) is 0 Å². The van der Waals surface area contributed by atoms with E-state index in [2.05, 4.69) is 11.9 Å². The molecule has 0 amide bonds. The highest BCUT2D eigenvalue weighted by Crippen LogP contribution is 2.50. The van der Waals surface area contributed by atoms with E-state index in [9.17, 15) is 9.90 Å². The van der Waals surface area contributed by atoms with Crippen LogP contribution in [0, 0.1) is 0 Å². The van der Waals surface area contributed by atoms with Crippen molar-refractivity contribution in [3.8, 4) is 0 Å². The second-order valence-corrected chi connectivity index (χ2v) is 8.53. The summed E-state index contributed by atoms with van der Waals surface area (Å²) in [6.07, 6.45) is 1.05. The minimum Gasteiger partial charge on any atom is -0.458 e. The van der Waals surface area contributed by atoms with Crippen molar-refractivity contribution >= 4 is 28.6 Å². The van der Waals surface area contributed by atoms with Crippen LogP contribution in [-0.4, -0.2) is 53.4 Å². The lowest BCUT2D eigenvalue weighted by molar-refractivity contribution is -0.168. The topological polar surface area (TPSA) is 62.3 Å². The zero-order chi connectivity index (χ0) is 16.5. The van der Waals surface area contributed by atoms with E-state index < -0.39 is 11.6 Å². The van der Waals surface area contributed by atoms with E-state index in [-0.39, 0.29) is 18.2 Å². The third-order valence-electron chi connectivity index (χ3n) is 5.43. The van der Waals surface area contributed by atoms with Crippen molar-refractivity contribution in [3.05, 3.63) is 44.8 Å². The maximum Gasteiger partial charge on any atom is 0.349 e. The van der Waals surface area contributed by atoms with Crippen LogP contribution in [0.2, 0.25) is 0 Å². The van der Waals surface area contributed by atoms with Gasteiger partial charge in [-0.25, -0.2) is 4.79 Å². The molecule has 3 fully saturated rings. The van der Waals surface area contributed by atoms with Gasteiger partial charge in [-0.3, -0.25) is 4.90 Å². The number of aliphatic hydroxyl groups is 1. The normalized spacial score (nSPS) is 34.3. The summed E-state index contributed by atoms with van der Waals surface area (Å²) in [5.41, 5.74) is -1.73. The van der Waals surface area contributed by atoms with Gasteiger partial charge in [0.1, 0.15) is 18.3 Å². The average molecular weight is 363 g/mol. The lowest BCUT2D eigenvalue weighted by Gasteiger charge is -2.28. The molecule has 126 valence electrons. The van der Waals surface area contributed by atoms with Crippen molar-refractivity contribution in [3.63, 3.8) is 0 Å². The van der Waals surface area contributed by atoms with Crippen molar-refractivity contribution in [1.29, 1.82) is 0 Å². The fourth-order valence-electron chi connectivity index (χ4n) is 4.19. The maximum absolute atomic E-state index is 13.0. The van der Waals surface area contributed by atoms with Gasteiger partial charge in [-0.15, -0.1) is 22.7 Å². The quantitative estimate of drug-likeness (QED) is 0.663. The van der Waals surface area contributed by atoms with Gasteiger partial charge in [0.2, 0.25) is 5.60 Å². The van der Waals surface area contributed by atoms with Gasteiger partial charge >= 0.3 is 5.97 Å². The molecule has 3 aliphatic rings. The molecule has 24 heavy (non-hydrogen) atoms. The molecule has 0 spiro atoms. The number of fused-ring (bicyclic) bond motifs is 5. The van der Waals surface area contributed by atoms with Crippen molar-refractivity contribution < 1.29 is 19.4 Å². The highest BCUT2D eigenvalue weighted by molar-refractivity contribution is 7.12. The molecule has 0 unspecified atom stereocenters. The van der Waals surface area contributed by atoms with Crippen molar-refractivity contribution in [2.45, 2.75) is 42.4 Å². The summed E-state index contributed by atoms with van der Waals surface area (Å²) in [4.78, 5) is 16.4. The van der Waals surface area contributed by atoms with Crippen LogP contribution in [0.1, 0.15) is 16.2 Å². The fourth-order valence-corrected chi connectivity index (χ4v) is 5.90. The molecule has 0 radical (unpaired) electrons. The van der Waals surface area contributed by atoms with Crippen LogP contribution in [0.25, 0.3) is 0 Å². The molecule has 5 nitrogen and oxygen atoms in total. The van der Waals surface area contributed by atoms with Crippen LogP contribution in [-0.2, 0) is 19.9 Å². The maximum atomic E-state index is 13.0. The van der Waals surface area contributed by atoms with Gasteiger partial charge in [0, 0.05) is 12.5 Å². The second-order valence-electron chi connectivity index (χ2n) is 6.63. The third kappa shape index (κ3) is 1.93. The summed E-state index contributed by atoms with van der Waals surface area (Å²) in [5.74, 6) is -0.587. The highest BCUT2D eigenvalue weighted by atomic mass is 32.1. The number of hydrogen-bond acceptors (Lipinski definition) is 7. The first kappa shape index (κ1) is 15.0. The molecule has 7 heteroatoms. The molecule has 3 saturated heterocycles. The highest BCUT2D eigenvalue weighted by Gasteiger charge is 2.68. The number of carbonyl (C=O) groups excluding carboxylic acids is 1. The van der Waals surface area contributed by atoms with E-state index in [0.29, 0.717) is 21.9 Å².